The Kier molecular flexibility index (Phi) is 3.69. The minimum Gasteiger partial charge on any atom is -0.337 e. The van der Waals surface area contributed by atoms with E-state index >= 15 is 0 Å². The predicted octanol–water partition coefficient (Wildman–Crippen LogP) is 2.12. The van der Waals surface area contributed by atoms with E-state index in [-0.39, 0.29) is 5.91 Å². The van der Waals surface area contributed by atoms with Gasteiger partial charge in [0.05, 0.1) is 4.32 Å². The third kappa shape index (κ3) is 2.88. The monoisotopic (exact) mass is 265 g/mol. The van der Waals surface area contributed by atoms with E-state index in [1.165, 1.54) is 0 Å². The molecule has 0 N–H and O–H groups in total. The van der Waals surface area contributed by atoms with Crippen LogP contribution < -0.4 is 0 Å². The van der Waals surface area contributed by atoms with Gasteiger partial charge in [-0.15, -0.1) is 0 Å². The van der Waals surface area contributed by atoms with E-state index in [0.717, 1.165) is 18.1 Å². The standard InChI is InChI=1S/C9H16BrNOS/c1-7-6-13-5-4-11(7)8(12)9(2,3)10/h7H,4-6H2,1-3H3. The first-order valence-electron chi connectivity index (χ1n) is 4.50. The van der Waals surface area contributed by atoms with E-state index in [0.29, 0.717) is 6.04 Å². The largest absolute Gasteiger partial charge is 0.337 e. The molecule has 1 fully saturated rings. The van der Waals surface area contributed by atoms with Gasteiger partial charge in [-0.25, -0.2) is 0 Å². The highest BCUT2D eigenvalue weighted by Crippen LogP contribution is 2.24. The summed E-state index contributed by atoms with van der Waals surface area (Å²) in [5, 5.41) is 0. The Balaban J connectivity index is 2.64. The summed E-state index contributed by atoms with van der Waals surface area (Å²) >= 11 is 5.33. The number of carbonyl (C=O) groups excluding carboxylic acids is 1. The Hall–Kier alpha value is 0.300. The number of hydrogen-bond donors (Lipinski definition) is 0. The van der Waals surface area contributed by atoms with Gasteiger partial charge in [-0.05, 0) is 20.8 Å². The summed E-state index contributed by atoms with van der Waals surface area (Å²) in [5.74, 6) is 2.34. The van der Waals surface area contributed by atoms with Crippen LogP contribution in [0.3, 0.4) is 0 Å². The Morgan fingerprint density at radius 2 is 2.23 bits per heavy atom. The lowest BCUT2D eigenvalue weighted by Crippen LogP contribution is -2.50. The first-order valence-corrected chi connectivity index (χ1v) is 6.45. The molecule has 0 aromatic heterocycles. The predicted molar refractivity (Wildman–Crippen MR) is 61.5 cm³/mol. The number of nitrogens with zero attached hydrogens (tertiary/aromatic N) is 1. The molecule has 0 radical (unpaired) electrons. The lowest BCUT2D eigenvalue weighted by atomic mass is 10.1. The van der Waals surface area contributed by atoms with Crippen molar-refractivity contribution in [2.45, 2.75) is 31.1 Å². The maximum atomic E-state index is 11.9. The summed E-state index contributed by atoms with van der Waals surface area (Å²) in [7, 11) is 0. The highest BCUT2D eigenvalue weighted by molar-refractivity contribution is 9.10. The Bertz CT molecular complexity index is 202. The zero-order chi connectivity index (χ0) is 10.1. The summed E-state index contributed by atoms with van der Waals surface area (Å²) in [5.41, 5.74) is 0. The van der Waals surface area contributed by atoms with Crippen molar-refractivity contribution in [2.24, 2.45) is 0 Å². The van der Waals surface area contributed by atoms with Crippen LogP contribution in [0.2, 0.25) is 0 Å². The molecular formula is C9H16BrNOS. The molecule has 0 aliphatic carbocycles. The number of amides is 1. The van der Waals surface area contributed by atoms with Crippen molar-refractivity contribution >= 4 is 33.6 Å². The number of carbonyl (C=O) groups is 1. The molecule has 0 spiro atoms. The molecule has 0 aromatic rings. The summed E-state index contributed by atoms with van der Waals surface area (Å²) in [4.78, 5) is 13.9. The molecule has 0 aromatic carbocycles. The Labute approximate surface area is 92.6 Å². The highest BCUT2D eigenvalue weighted by Gasteiger charge is 2.32. The summed E-state index contributed by atoms with van der Waals surface area (Å²) in [6.07, 6.45) is 0. The van der Waals surface area contributed by atoms with E-state index in [1.807, 2.05) is 30.5 Å². The first kappa shape index (κ1) is 11.4. The molecular weight excluding hydrogens is 250 g/mol. The van der Waals surface area contributed by atoms with Crippen molar-refractivity contribution < 1.29 is 4.79 Å². The third-order valence-corrected chi connectivity index (χ3v) is 3.67. The minimum atomic E-state index is -0.413. The van der Waals surface area contributed by atoms with Crippen LogP contribution in [0.4, 0.5) is 0 Å². The van der Waals surface area contributed by atoms with Crippen LogP contribution in [0, 0.1) is 0 Å². The van der Waals surface area contributed by atoms with Crippen molar-refractivity contribution in [3.63, 3.8) is 0 Å². The maximum Gasteiger partial charge on any atom is 0.239 e. The van der Waals surface area contributed by atoms with Crippen molar-refractivity contribution in [1.29, 1.82) is 0 Å². The first-order chi connectivity index (χ1) is 5.93. The molecule has 1 atom stereocenters. The molecule has 13 heavy (non-hydrogen) atoms. The molecule has 1 amide bonds. The number of alkyl halides is 1. The van der Waals surface area contributed by atoms with Gasteiger partial charge in [-0.1, -0.05) is 15.9 Å². The molecule has 76 valence electrons. The van der Waals surface area contributed by atoms with E-state index in [4.69, 9.17) is 0 Å². The zero-order valence-electron chi connectivity index (χ0n) is 8.34. The van der Waals surface area contributed by atoms with E-state index < -0.39 is 4.32 Å². The van der Waals surface area contributed by atoms with Crippen molar-refractivity contribution in [1.82, 2.24) is 4.90 Å². The van der Waals surface area contributed by atoms with Crippen LogP contribution in [0.15, 0.2) is 0 Å². The van der Waals surface area contributed by atoms with Crippen molar-refractivity contribution in [3.05, 3.63) is 0 Å². The minimum absolute atomic E-state index is 0.209. The zero-order valence-corrected chi connectivity index (χ0v) is 10.7. The van der Waals surface area contributed by atoms with Crippen LogP contribution in [0.5, 0.6) is 0 Å². The van der Waals surface area contributed by atoms with Crippen LogP contribution in [-0.2, 0) is 4.79 Å². The van der Waals surface area contributed by atoms with Crippen molar-refractivity contribution in [2.75, 3.05) is 18.1 Å². The van der Waals surface area contributed by atoms with Crippen LogP contribution in [0.25, 0.3) is 0 Å². The number of halogens is 1. The van der Waals surface area contributed by atoms with E-state index in [9.17, 15) is 4.79 Å². The SMILES string of the molecule is CC1CSCCN1C(=O)C(C)(C)Br. The molecule has 1 aliphatic heterocycles. The number of hydrogen-bond acceptors (Lipinski definition) is 2. The fourth-order valence-electron chi connectivity index (χ4n) is 1.37. The van der Waals surface area contributed by atoms with Gasteiger partial charge in [0, 0.05) is 24.1 Å². The molecule has 1 unspecified atom stereocenters. The van der Waals surface area contributed by atoms with Gasteiger partial charge >= 0.3 is 0 Å². The smallest absolute Gasteiger partial charge is 0.239 e. The van der Waals surface area contributed by atoms with Gasteiger partial charge in [0.2, 0.25) is 5.91 Å². The van der Waals surface area contributed by atoms with Gasteiger partial charge in [0.1, 0.15) is 0 Å². The van der Waals surface area contributed by atoms with Gasteiger partial charge in [0.15, 0.2) is 0 Å². The number of rotatable bonds is 1. The molecule has 0 saturated carbocycles. The average Bonchev–Trinajstić information content (AvgIpc) is 2.02. The lowest BCUT2D eigenvalue weighted by Gasteiger charge is -2.36. The Morgan fingerprint density at radius 1 is 1.62 bits per heavy atom. The highest BCUT2D eigenvalue weighted by atomic mass is 79.9. The van der Waals surface area contributed by atoms with Gasteiger partial charge in [0.25, 0.3) is 0 Å². The second kappa shape index (κ2) is 4.22. The fourth-order valence-corrected chi connectivity index (χ4v) is 2.61. The quantitative estimate of drug-likeness (QED) is 0.678. The Morgan fingerprint density at radius 3 is 2.69 bits per heavy atom. The van der Waals surface area contributed by atoms with Crippen molar-refractivity contribution in [3.8, 4) is 0 Å². The van der Waals surface area contributed by atoms with Crippen LogP contribution in [-0.4, -0.2) is 39.2 Å². The number of thioether (sulfide) groups is 1. The molecule has 0 bridgehead atoms. The summed E-state index contributed by atoms with van der Waals surface area (Å²) < 4.78 is -0.413. The molecule has 1 saturated heterocycles. The normalized spacial score (nSPS) is 24.6. The van der Waals surface area contributed by atoms with E-state index in [2.05, 4.69) is 22.9 Å². The van der Waals surface area contributed by atoms with Gasteiger partial charge < -0.3 is 4.90 Å². The molecule has 4 heteroatoms. The lowest BCUT2D eigenvalue weighted by molar-refractivity contribution is -0.134. The van der Waals surface area contributed by atoms with Crippen LogP contribution >= 0.6 is 27.7 Å². The van der Waals surface area contributed by atoms with Gasteiger partial charge in [-0.2, -0.15) is 11.8 Å². The molecule has 1 rings (SSSR count). The average molecular weight is 266 g/mol. The molecule has 1 heterocycles. The maximum absolute atomic E-state index is 11.9. The topological polar surface area (TPSA) is 20.3 Å². The van der Waals surface area contributed by atoms with Crippen LogP contribution in [0.1, 0.15) is 20.8 Å². The molecule has 1 aliphatic rings. The second-order valence-electron chi connectivity index (χ2n) is 3.89. The second-order valence-corrected chi connectivity index (χ2v) is 7.03. The van der Waals surface area contributed by atoms with Gasteiger partial charge in [-0.3, -0.25) is 4.79 Å². The summed E-state index contributed by atoms with van der Waals surface area (Å²) in [6.45, 7) is 6.82. The fraction of sp³-hybridized carbons (Fsp3) is 0.889. The third-order valence-electron chi connectivity index (χ3n) is 2.14. The molecule has 2 nitrogen and oxygen atoms in total. The van der Waals surface area contributed by atoms with E-state index in [1.54, 1.807) is 0 Å². The summed E-state index contributed by atoms with van der Waals surface area (Å²) in [6, 6.07) is 0.378.